The fourth-order valence-electron chi connectivity index (χ4n) is 2.99. The van der Waals surface area contributed by atoms with E-state index < -0.39 is 6.04 Å². The van der Waals surface area contributed by atoms with E-state index in [9.17, 15) is 4.79 Å². The highest BCUT2D eigenvalue weighted by molar-refractivity contribution is 5.86. The van der Waals surface area contributed by atoms with Gasteiger partial charge in [0.15, 0.2) is 0 Å². The van der Waals surface area contributed by atoms with Crippen molar-refractivity contribution in [3.05, 3.63) is 65.9 Å². The fourth-order valence-corrected chi connectivity index (χ4v) is 2.99. The van der Waals surface area contributed by atoms with Crippen LogP contribution in [0.25, 0.3) is 10.9 Å². The number of rotatable bonds is 6. The molecule has 0 radical (unpaired) electrons. The molecule has 0 saturated carbocycles. The van der Waals surface area contributed by atoms with Crippen LogP contribution < -0.4 is 10.5 Å². The number of nitrogens with one attached hydrogen (secondary N) is 1. The minimum Gasteiger partial charge on any atom is -0.497 e. The number of hydrogen-bond donors (Lipinski definition) is 2. The van der Waals surface area contributed by atoms with Crippen molar-refractivity contribution in [1.82, 2.24) is 9.88 Å². The molecule has 0 aliphatic carbocycles. The number of carbonyl (C=O) groups is 1. The van der Waals surface area contributed by atoms with Crippen LogP contribution in [-0.2, 0) is 17.8 Å². The molecular formula is C20H24ClN3O2. The average Bonchev–Trinajstić information content (AvgIpc) is 3.04. The molecule has 0 unspecified atom stereocenters. The van der Waals surface area contributed by atoms with E-state index in [1.54, 1.807) is 19.1 Å². The zero-order valence-corrected chi connectivity index (χ0v) is 15.8. The first kappa shape index (κ1) is 19.8. The van der Waals surface area contributed by atoms with Crippen molar-refractivity contribution in [3.63, 3.8) is 0 Å². The van der Waals surface area contributed by atoms with Crippen molar-refractivity contribution in [2.45, 2.75) is 19.0 Å². The molecule has 2 aromatic carbocycles. The number of methoxy groups -OCH3 is 1. The van der Waals surface area contributed by atoms with Crippen LogP contribution in [0.5, 0.6) is 5.75 Å². The number of nitrogens with zero attached hydrogens (tertiary/aromatic N) is 1. The smallest absolute Gasteiger partial charge is 0.239 e. The number of aromatic amines is 1. The van der Waals surface area contributed by atoms with E-state index in [-0.39, 0.29) is 18.3 Å². The third kappa shape index (κ3) is 4.36. The largest absolute Gasteiger partial charge is 0.497 e. The molecule has 6 heteroatoms. The quantitative estimate of drug-likeness (QED) is 0.697. The molecule has 1 amide bonds. The van der Waals surface area contributed by atoms with Crippen LogP contribution in [0.2, 0.25) is 0 Å². The first-order chi connectivity index (χ1) is 12.1. The molecule has 0 spiro atoms. The molecule has 1 aromatic heterocycles. The predicted molar refractivity (Wildman–Crippen MR) is 107 cm³/mol. The molecule has 3 aromatic rings. The summed E-state index contributed by atoms with van der Waals surface area (Å²) >= 11 is 0. The molecule has 0 bridgehead atoms. The second-order valence-electron chi connectivity index (χ2n) is 6.21. The van der Waals surface area contributed by atoms with Gasteiger partial charge in [-0.05, 0) is 35.7 Å². The van der Waals surface area contributed by atoms with Gasteiger partial charge in [-0.15, -0.1) is 12.4 Å². The zero-order chi connectivity index (χ0) is 17.8. The number of H-pyrrole nitrogens is 1. The van der Waals surface area contributed by atoms with Gasteiger partial charge in [0.1, 0.15) is 5.75 Å². The average molecular weight is 374 g/mol. The first-order valence-electron chi connectivity index (χ1n) is 8.27. The Labute approximate surface area is 159 Å². The second-order valence-corrected chi connectivity index (χ2v) is 6.21. The molecule has 1 heterocycles. The highest BCUT2D eigenvalue weighted by Crippen LogP contribution is 2.19. The number of ether oxygens (including phenoxy) is 1. The number of hydrogen-bond acceptors (Lipinski definition) is 3. The number of para-hydroxylation sites is 1. The van der Waals surface area contributed by atoms with Crippen LogP contribution >= 0.6 is 12.4 Å². The predicted octanol–water partition coefficient (Wildman–Crippen LogP) is 3.13. The third-order valence-corrected chi connectivity index (χ3v) is 4.39. The molecule has 3 rings (SSSR count). The Balaban J connectivity index is 0.00000243. The summed E-state index contributed by atoms with van der Waals surface area (Å²) in [6, 6.07) is 15.1. The molecule has 0 fully saturated rings. The van der Waals surface area contributed by atoms with Gasteiger partial charge in [0.05, 0.1) is 13.2 Å². The van der Waals surface area contributed by atoms with Crippen molar-refractivity contribution in [2.75, 3.05) is 14.2 Å². The van der Waals surface area contributed by atoms with Crippen LogP contribution in [0, 0.1) is 0 Å². The van der Waals surface area contributed by atoms with Crippen LogP contribution in [0.15, 0.2) is 54.7 Å². The maximum atomic E-state index is 12.6. The van der Waals surface area contributed by atoms with Crippen LogP contribution in [0.1, 0.15) is 11.1 Å². The molecule has 0 aliphatic rings. The minimum atomic E-state index is -0.567. The van der Waals surface area contributed by atoms with Gasteiger partial charge in [0.25, 0.3) is 0 Å². The highest BCUT2D eigenvalue weighted by Gasteiger charge is 2.20. The second kappa shape index (κ2) is 8.74. The summed E-state index contributed by atoms with van der Waals surface area (Å²) in [6.07, 6.45) is 2.44. The molecule has 138 valence electrons. The lowest BCUT2D eigenvalue weighted by molar-refractivity contribution is -0.131. The van der Waals surface area contributed by atoms with E-state index in [2.05, 4.69) is 4.98 Å². The topological polar surface area (TPSA) is 71.3 Å². The summed E-state index contributed by atoms with van der Waals surface area (Å²) in [6.45, 7) is 0.518. The van der Waals surface area contributed by atoms with Gasteiger partial charge >= 0.3 is 0 Å². The third-order valence-electron chi connectivity index (χ3n) is 4.39. The Kier molecular flexibility index (Phi) is 6.66. The number of aromatic nitrogens is 1. The van der Waals surface area contributed by atoms with Crippen LogP contribution in [0.4, 0.5) is 0 Å². The fraction of sp³-hybridized carbons (Fsp3) is 0.250. The van der Waals surface area contributed by atoms with Crippen molar-refractivity contribution in [1.29, 1.82) is 0 Å². The van der Waals surface area contributed by atoms with Gasteiger partial charge in [-0.25, -0.2) is 0 Å². The van der Waals surface area contributed by atoms with Crippen molar-refractivity contribution < 1.29 is 9.53 Å². The molecular weight excluding hydrogens is 350 g/mol. The number of nitrogens with two attached hydrogens (primary N) is 1. The molecule has 3 N–H and O–H groups in total. The summed E-state index contributed by atoms with van der Waals surface area (Å²) in [5, 5.41) is 1.11. The lowest BCUT2D eigenvalue weighted by Crippen LogP contribution is -2.42. The lowest BCUT2D eigenvalue weighted by Gasteiger charge is -2.21. The van der Waals surface area contributed by atoms with E-state index in [0.717, 1.165) is 27.8 Å². The summed E-state index contributed by atoms with van der Waals surface area (Å²) in [5.41, 5.74) is 9.34. The normalized spacial score (nSPS) is 11.7. The van der Waals surface area contributed by atoms with Crippen molar-refractivity contribution in [3.8, 4) is 5.75 Å². The number of likely N-dealkylation sites (N-methyl/N-ethyl adjacent to an activating group) is 1. The Hall–Kier alpha value is -2.50. The van der Waals surface area contributed by atoms with E-state index in [4.69, 9.17) is 10.5 Å². The van der Waals surface area contributed by atoms with E-state index in [1.165, 1.54) is 0 Å². The van der Waals surface area contributed by atoms with Crippen molar-refractivity contribution >= 4 is 29.2 Å². The van der Waals surface area contributed by atoms with Gasteiger partial charge < -0.3 is 20.4 Å². The summed E-state index contributed by atoms with van der Waals surface area (Å²) < 4.78 is 5.15. The molecule has 1 atom stereocenters. The minimum absolute atomic E-state index is 0. The monoisotopic (exact) mass is 373 g/mol. The SMILES string of the molecule is COc1ccc(CN(C)C(=O)[C@@H](N)Cc2c[nH]c3ccccc23)cc1.Cl. The highest BCUT2D eigenvalue weighted by atomic mass is 35.5. The Morgan fingerprint density at radius 2 is 1.88 bits per heavy atom. The summed E-state index contributed by atoms with van der Waals surface area (Å²) in [4.78, 5) is 17.5. The van der Waals surface area contributed by atoms with Crippen molar-refractivity contribution in [2.24, 2.45) is 5.73 Å². The summed E-state index contributed by atoms with van der Waals surface area (Å²) in [7, 11) is 3.41. The number of carbonyl (C=O) groups excluding carboxylic acids is 1. The molecule has 0 saturated heterocycles. The number of benzene rings is 2. The number of amides is 1. The molecule has 26 heavy (non-hydrogen) atoms. The lowest BCUT2D eigenvalue weighted by atomic mass is 10.0. The number of fused-ring (bicyclic) bond motifs is 1. The Morgan fingerprint density at radius 1 is 1.19 bits per heavy atom. The van der Waals surface area contributed by atoms with E-state index in [1.807, 2.05) is 54.7 Å². The van der Waals surface area contributed by atoms with E-state index in [0.29, 0.717) is 13.0 Å². The molecule has 0 aliphatic heterocycles. The van der Waals surface area contributed by atoms with E-state index >= 15 is 0 Å². The molecule has 5 nitrogen and oxygen atoms in total. The maximum absolute atomic E-state index is 12.6. The Bertz CT molecular complexity index is 861. The van der Waals surface area contributed by atoms with Gasteiger partial charge in [-0.3, -0.25) is 4.79 Å². The van der Waals surface area contributed by atoms with Crippen LogP contribution in [-0.4, -0.2) is 36.0 Å². The Morgan fingerprint density at radius 3 is 2.58 bits per heavy atom. The standard InChI is InChI=1S/C20H23N3O2.ClH/c1-23(13-14-7-9-16(25-2)10-8-14)20(24)18(21)11-15-12-22-19-6-4-3-5-17(15)19;/h3-10,12,18,22H,11,13,21H2,1-2H3;1H/t18-;/m0./s1. The first-order valence-corrected chi connectivity index (χ1v) is 8.27. The summed E-state index contributed by atoms with van der Waals surface area (Å²) in [5.74, 6) is 0.731. The van der Waals surface area contributed by atoms with Crippen LogP contribution in [0.3, 0.4) is 0 Å². The maximum Gasteiger partial charge on any atom is 0.239 e. The zero-order valence-electron chi connectivity index (χ0n) is 14.9. The number of halogens is 1. The van der Waals surface area contributed by atoms with Gasteiger partial charge in [0, 0.05) is 30.7 Å². The van der Waals surface area contributed by atoms with Gasteiger partial charge in [-0.2, -0.15) is 0 Å². The van der Waals surface area contributed by atoms with Gasteiger partial charge in [0.2, 0.25) is 5.91 Å². The van der Waals surface area contributed by atoms with Gasteiger partial charge in [-0.1, -0.05) is 30.3 Å².